The van der Waals surface area contributed by atoms with Crippen LogP contribution in [0.3, 0.4) is 0 Å². The fraction of sp³-hybridized carbons (Fsp3) is 0. The van der Waals surface area contributed by atoms with Crippen molar-refractivity contribution in [2.24, 2.45) is 0 Å². The number of furan rings is 1. The van der Waals surface area contributed by atoms with E-state index in [1.165, 1.54) is 49.6 Å². The van der Waals surface area contributed by atoms with Crippen molar-refractivity contribution in [1.82, 2.24) is 4.48 Å². The molecule has 2 aromatic heterocycles. The first-order chi connectivity index (χ1) is 14.9. The number of benzene rings is 4. The molecule has 0 bridgehead atoms. The molecule has 0 unspecified atom stereocenters. The fourth-order valence-electron chi connectivity index (χ4n) is 5.63. The van der Waals surface area contributed by atoms with E-state index >= 15 is 0 Å². The molecule has 0 radical (unpaired) electrons. The van der Waals surface area contributed by atoms with Crippen LogP contribution in [0, 0.1) is 0 Å². The van der Waals surface area contributed by atoms with Crippen LogP contribution in [-0.2, 0) is 0 Å². The molecule has 2 aliphatic heterocycles. The minimum Gasteiger partial charge on any atom is -0.454 e. The SMILES string of the molecule is c1ccc2c(c1)B1N(c3c-2oc2ccccc32)c2cccc3c4ccccc4n1c23. The van der Waals surface area contributed by atoms with Gasteiger partial charge in [0.05, 0.1) is 16.9 Å². The lowest BCUT2D eigenvalue weighted by Gasteiger charge is -2.32. The zero-order valence-corrected chi connectivity index (χ0v) is 16.0. The highest BCUT2D eigenvalue weighted by Crippen LogP contribution is 2.52. The summed E-state index contributed by atoms with van der Waals surface area (Å²) in [6.07, 6.45) is 0. The number of hydrogen-bond donors (Lipinski definition) is 0. The molecule has 0 aliphatic carbocycles. The highest BCUT2D eigenvalue weighted by atomic mass is 16.3. The Balaban J connectivity index is 1.61. The molecule has 0 spiro atoms. The van der Waals surface area contributed by atoms with Crippen LogP contribution in [0.15, 0.2) is 95.4 Å². The van der Waals surface area contributed by atoms with Crippen molar-refractivity contribution in [3.63, 3.8) is 0 Å². The third kappa shape index (κ3) is 1.55. The van der Waals surface area contributed by atoms with Crippen LogP contribution in [0.2, 0.25) is 0 Å². The van der Waals surface area contributed by atoms with E-state index in [0.717, 1.165) is 11.3 Å². The summed E-state index contributed by atoms with van der Waals surface area (Å²) >= 11 is 0. The summed E-state index contributed by atoms with van der Waals surface area (Å²) in [6.45, 7) is 0.0782. The third-order valence-corrected chi connectivity index (χ3v) is 6.75. The van der Waals surface area contributed by atoms with Crippen LogP contribution in [0.5, 0.6) is 0 Å². The zero-order valence-electron chi connectivity index (χ0n) is 16.0. The summed E-state index contributed by atoms with van der Waals surface area (Å²) in [6, 6.07) is 32.5. The molecule has 0 saturated carbocycles. The Morgan fingerprint density at radius 2 is 1.43 bits per heavy atom. The predicted molar refractivity (Wildman–Crippen MR) is 124 cm³/mol. The molecule has 4 aromatic carbocycles. The van der Waals surface area contributed by atoms with Gasteiger partial charge in [0.25, 0.3) is 0 Å². The Kier molecular flexibility index (Phi) is 2.49. The first kappa shape index (κ1) is 15.0. The van der Waals surface area contributed by atoms with Gasteiger partial charge in [0.1, 0.15) is 5.58 Å². The summed E-state index contributed by atoms with van der Waals surface area (Å²) in [4.78, 5) is 2.48. The van der Waals surface area contributed by atoms with Gasteiger partial charge in [-0.15, -0.1) is 0 Å². The van der Waals surface area contributed by atoms with Gasteiger partial charge in [-0.05, 0) is 29.7 Å². The normalized spacial score (nSPS) is 13.9. The zero-order chi connectivity index (χ0) is 19.4. The van der Waals surface area contributed by atoms with Crippen molar-refractivity contribution in [1.29, 1.82) is 0 Å². The molecule has 30 heavy (non-hydrogen) atoms. The molecule has 4 heterocycles. The van der Waals surface area contributed by atoms with E-state index in [1.807, 2.05) is 6.07 Å². The van der Waals surface area contributed by atoms with E-state index in [-0.39, 0.29) is 6.98 Å². The standard InChI is InChI=1S/C26H15BN2O/c1-4-12-20-18(9-1)26-25(19-10-3-6-15-23(19)30-26)29-22-14-7-11-17-16-8-2-5-13-21(16)28(24(17)22)27(20)29/h1-15H. The summed E-state index contributed by atoms with van der Waals surface area (Å²) in [5.74, 6) is 0.968. The van der Waals surface area contributed by atoms with Gasteiger partial charge in [-0.1, -0.05) is 66.7 Å². The van der Waals surface area contributed by atoms with Gasteiger partial charge in [0.15, 0.2) is 5.76 Å². The first-order valence-electron chi connectivity index (χ1n) is 10.3. The van der Waals surface area contributed by atoms with Crippen LogP contribution in [0.4, 0.5) is 11.4 Å². The summed E-state index contributed by atoms with van der Waals surface area (Å²) in [5.41, 5.74) is 8.40. The lowest BCUT2D eigenvalue weighted by molar-refractivity contribution is 0.632. The predicted octanol–water partition coefficient (Wildman–Crippen LogP) is 5.92. The van der Waals surface area contributed by atoms with Crippen LogP contribution in [0.1, 0.15) is 0 Å². The molecule has 0 saturated heterocycles. The van der Waals surface area contributed by atoms with E-state index in [9.17, 15) is 0 Å². The van der Waals surface area contributed by atoms with Crippen molar-refractivity contribution in [2.75, 3.05) is 4.81 Å². The van der Waals surface area contributed by atoms with Crippen molar-refractivity contribution < 1.29 is 4.42 Å². The summed E-state index contributed by atoms with van der Waals surface area (Å²) in [7, 11) is 0. The van der Waals surface area contributed by atoms with Crippen molar-refractivity contribution >= 4 is 56.6 Å². The summed E-state index contributed by atoms with van der Waals surface area (Å²) in [5, 5.41) is 3.79. The van der Waals surface area contributed by atoms with Crippen molar-refractivity contribution in [3.05, 3.63) is 91.0 Å². The molecule has 0 N–H and O–H groups in total. The average Bonchev–Trinajstić information content (AvgIpc) is 3.46. The number of fused-ring (bicyclic) bond motifs is 13. The second-order valence-electron chi connectivity index (χ2n) is 8.17. The Morgan fingerprint density at radius 3 is 2.40 bits per heavy atom. The van der Waals surface area contributed by atoms with Crippen LogP contribution in [-0.4, -0.2) is 11.5 Å². The van der Waals surface area contributed by atoms with Crippen LogP contribution < -0.4 is 10.3 Å². The van der Waals surface area contributed by atoms with Crippen molar-refractivity contribution in [2.45, 2.75) is 0 Å². The Labute approximate surface area is 172 Å². The second kappa shape index (κ2) is 4.97. The molecule has 2 aliphatic rings. The van der Waals surface area contributed by atoms with Gasteiger partial charge in [-0.3, -0.25) is 0 Å². The molecule has 0 amide bonds. The number of nitrogens with zero attached hydrogens (tertiary/aromatic N) is 2. The first-order valence-corrected chi connectivity index (χ1v) is 10.3. The lowest BCUT2D eigenvalue weighted by Crippen LogP contribution is -2.51. The molecule has 0 fully saturated rings. The largest absolute Gasteiger partial charge is 0.454 e. The quantitative estimate of drug-likeness (QED) is 0.304. The lowest BCUT2D eigenvalue weighted by atomic mass is 9.61. The maximum atomic E-state index is 6.43. The number of rotatable bonds is 0. The monoisotopic (exact) mass is 382 g/mol. The maximum absolute atomic E-state index is 6.43. The van der Waals surface area contributed by atoms with Crippen LogP contribution in [0.25, 0.3) is 44.1 Å². The average molecular weight is 382 g/mol. The molecule has 6 aromatic rings. The van der Waals surface area contributed by atoms with E-state index in [4.69, 9.17) is 4.42 Å². The number of anilines is 2. The summed E-state index contributed by atoms with van der Waals surface area (Å²) < 4.78 is 8.95. The minimum absolute atomic E-state index is 0.0782. The fourth-order valence-corrected chi connectivity index (χ4v) is 5.63. The van der Waals surface area contributed by atoms with Gasteiger partial charge in [0.2, 0.25) is 0 Å². The van der Waals surface area contributed by atoms with Gasteiger partial charge >= 0.3 is 6.98 Å². The molecule has 138 valence electrons. The Morgan fingerprint density at radius 1 is 0.667 bits per heavy atom. The molecule has 8 rings (SSSR count). The van der Waals surface area contributed by atoms with Gasteiger partial charge in [0, 0.05) is 27.2 Å². The molecule has 0 atom stereocenters. The van der Waals surface area contributed by atoms with Crippen LogP contribution >= 0.6 is 0 Å². The minimum atomic E-state index is 0.0782. The Hall–Kier alpha value is -3.92. The maximum Gasteiger partial charge on any atom is 0.421 e. The highest BCUT2D eigenvalue weighted by Gasteiger charge is 2.46. The van der Waals surface area contributed by atoms with E-state index in [2.05, 4.69) is 94.2 Å². The smallest absolute Gasteiger partial charge is 0.421 e. The van der Waals surface area contributed by atoms with E-state index in [1.54, 1.807) is 0 Å². The number of hydrogen-bond acceptors (Lipinski definition) is 2. The number of para-hydroxylation sites is 3. The molecule has 4 heteroatoms. The van der Waals surface area contributed by atoms with Gasteiger partial charge in [-0.25, -0.2) is 0 Å². The molecular weight excluding hydrogens is 367 g/mol. The molecule has 3 nitrogen and oxygen atoms in total. The topological polar surface area (TPSA) is 21.3 Å². The van der Waals surface area contributed by atoms with Crippen molar-refractivity contribution in [3.8, 4) is 11.3 Å². The van der Waals surface area contributed by atoms with E-state index < -0.39 is 0 Å². The second-order valence-corrected chi connectivity index (χ2v) is 8.17. The Bertz CT molecular complexity index is 1680. The van der Waals surface area contributed by atoms with Gasteiger partial charge in [-0.2, -0.15) is 0 Å². The van der Waals surface area contributed by atoms with Gasteiger partial charge < -0.3 is 13.7 Å². The number of aromatic nitrogens is 1. The van der Waals surface area contributed by atoms with E-state index in [0.29, 0.717) is 0 Å². The highest BCUT2D eigenvalue weighted by molar-refractivity contribution is 6.82. The molecular formula is C26H15BN2O. The third-order valence-electron chi connectivity index (χ3n) is 6.75.